The van der Waals surface area contributed by atoms with Crippen LogP contribution >= 0.6 is 23.2 Å². The summed E-state index contributed by atoms with van der Waals surface area (Å²) in [5, 5.41) is 9.46. The highest BCUT2D eigenvalue weighted by atomic mass is 35.5. The molecule has 1 aliphatic heterocycles. The predicted molar refractivity (Wildman–Crippen MR) is 69.0 cm³/mol. The van der Waals surface area contributed by atoms with Crippen molar-refractivity contribution in [2.24, 2.45) is 0 Å². The van der Waals surface area contributed by atoms with Crippen LogP contribution in [0.5, 0.6) is 0 Å². The van der Waals surface area contributed by atoms with Gasteiger partial charge in [-0.3, -0.25) is 0 Å². The van der Waals surface area contributed by atoms with Crippen LogP contribution in [-0.4, -0.2) is 25.3 Å². The van der Waals surface area contributed by atoms with Gasteiger partial charge in [-0.1, -0.05) is 23.2 Å². The molecule has 0 aromatic heterocycles. The molecule has 1 aromatic rings. The molecule has 0 N–H and O–H groups in total. The molecule has 0 spiro atoms. The third kappa shape index (κ3) is 2.47. The zero-order valence-corrected chi connectivity index (χ0v) is 11.6. The zero-order valence-electron chi connectivity index (χ0n) is 9.31. The smallest absolute Gasteiger partial charge is 0.207 e. The lowest BCUT2D eigenvalue weighted by Crippen LogP contribution is -2.34. The van der Waals surface area contributed by atoms with Crippen molar-refractivity contribution >= 4 is 33.2 Å². The Kier molecular flexibility index (Phi) is 3.83. The van der Waals surface area contributed by atoms with E-state index >= 15 is 0 Å². The van der Waals surface area contributed by atoms with Gasteiger partial charge in [-0.05, 0) is 31.0 Å². The Morgan fingerprint density at radius 1 is 1.28 bits per heavy atom. The molecule has 0 radical (unpaired) electrons. The molecule has 1 fully saturated rings. The van der Waals surface area contributed by atoms with Gasteiger partial charge in [-0.2, -0.15) is 9.57 Å². The first-order valence-corrected chi connectivity index (χ1v) is 7.52. The minimum atomic E-state index is -3.70. The minimum absolute atomic E-state index is 0.0298. The lowest BCUT2D eigenvalue weighted by atomic mass is 10.2. The molecule has 7 heteroatoms. The van der Waals surface area contributed by atoms with Crippen LogP contribution in [0.1, 0.15) is 12.8 Å². The second kappa shape index (κ2) is 5.06. The Bertz CT molecular complexity index is 590. The molecule has 1 saturated heterocycles. The topological polar surface area (TPSA) is 61.2 Å². The summed E-state index contributed by atoms with van der Waals surface area (Å²) in [5.41, 5.74) is 0. The van der Waals surface area contributed by atoms with E-state index in [1.807, 2.05) is 6.07 Å². The maximum absolute atomic E-state index is 12.4. The van der Waals surface area contributed by atoms with E-state index in [2.05, 4.69) is 0 Å². The molecule has 1 aromatic carbocycles. The zero-order chi connectivity index (χ0) is 13.3. The molecule has 0 aliphatic carbocycles. The molecule has 1 atom stereocenters. The van der Waals surface area contributed by atoms with Crippen molar-refractivity contribution in [3.63, 3.8) is 0 Å². The van der Waals surface area contributed by atoms with Crippen LogP contribution in [0.2, 0.25) is 10.0 Å². The molecule has 0 amide bonds. The fourth-order valence-electron chi connectivity index (χ4n) is 1.97. The van der Waals surface area contributed by atoms with E-state index in [0.717, 1.165) is 0 Å². The molecule has 96 valence electrons. The summed E-state index contributed by atoms with van der Waals surface area (Å²) in [6.45, 7) is 0.352. The Labute approximate surface area is 116 Å². The number of hydrogen-bond donors (Lipinski definition) is 0. The number of nitrogens with zero attached hydrogens (tertiary/aromatic N) is 2. The van der Waals surface area contributed by atoms with Gasteiger partial charge in [0.05, 0.1) is 11.0 Å². The van der Waals surface area contributed by atoms with E-state index in [0.29, 0.717) is 19.4 Å². The summed E-state index contributed by atoms with van der Waals surface area (Å²) in [4.78, 5) is 0.0298. The van der Waals surface area contributed by atoms with Crippen LogP contribution in [0.4, 0.5) is 0 Å². The maximum Gasteiger partial charge on any atom is 0.244 e. The van der Waals surface area contributed by atoms with Gasteiger partial charge in [-0.15, -0.1) is 0 Å². The normalized spacial score (nSPS) is 20.8. The fourth-order valence-corrected chi connectivity index (χ4v) is 4.30. The van der Waals surface area contributed by atoms with E-state index in [1.54, 1.807) is 0 Å². The molecule has 1 heterocycles. The van der Waals surface area contributed by atoms with Gasteiger partial charge in [0.15, 0.2) is 0 Å². The van der Waals surface area contributed by atoms with Crippen LogP contribution in [0, 0.1) is 11.3 Å². The SMILES string of the molecule is N#CC1CCCN1S(=O)(=O)c1cc(Cl)cc(Cl)c1. The summed E-state index contributed by atoms with van der Waals surface area (Å²) in [6.07, 6.45) is 1.25. The number of benzene rings is 1. The van der Waals surface area contributed by atoms with Crippen molar-refractivity contribution in [3.8, 4) is 6.07 Å². The molecule has 4 nitrogen and oxygen atoms in total. The number of nitriles is 1. The number of hydrogen-bond acceptors (Lipinski definition) is 3. The quantitative estimate of drug-likeness (QED) is 0.844. The number of sulfonamides is 1. The van der Waals surface area contributed by atoms with E-state index in [4.69, 9.17) is 28.5 Å². The van der Waals surface area contributed by atoms with Gasteiger partial charge in [-0.25, -0.2) is 8.42 Å². The second-order valence-corrected chi connectivity index (χ2v) is 6.77. The Morgan fingerprint density at radius 2 is 1.89 bits per heavy atom. The van der Waals surface area contributed by atoms with Crippen LogP contribution < -0.4 is 0 Å². The summed E-state index contributed by atoms with van der Waals surface area (Å²) >= 11 is 11.6. The van der Waals surface area contributed by atoms with Crippen molar-refractivity contribution < 1.29 is 8.42 Å². The standard InChI is InChI=1S/C11H10Cl2N2O2S/c12-8-4-9(13)6-11(5-8)18(16,17)15-3-1-2-10(15)7-14/h4-6,10H,1-3H2. The highest BCUT2D eigenvalue weighted by molar-refractivity contribution is 7.89. The molecule has 18 heavy (non-hydrogen) atoms. The Hall–Kier alpha value is -0.800. The van der Waals surface area contributed by atoms with Crippen LogP contribution in [0.3, 0.4) is 0 Å². The third-order valence-electron chi connectivity index (χ3n) is 2.80. The first-order chi connectivity index (χ1) is 8.45. The van der Waals surface area contributed by atoms with Gasteiger partial charge in [0, 0.05) is 16.6 Å². The number of halogens is 2. The van der Waals surface area contributed by atoms with Crippen molar-refractivity contribution in [1.82, 2.24) is 4.31 Å². The van der Waals surface area contributed by atoms with E-state index in [1.165, 1.54) is 22.5 Å². The van der Waals surface area contributed by atoms with Crippen molar-refractivity contribution in [2.45, 2.75) is 23.8 Å². The molecule has 2 rings (SSSR count). The minimum Gasteiger partial charge on any atom is -0.207 e. The van der Waals surface area contributed by atoms with E-state index in [9.17, 15) is 8.42 Å². The maximum atomic E-state index is 12.4. The van der Waals surface area contributed by atoms with Crippen molar-refractivity contribution in [2.75, 3.05) is 6.54 Å². The van der Waals surface area contributed by atoms with Gasteiger partial charge < -0.3 is 0 Å². The summed E-state index contributed by atoms with van der Waals surface area (Å²) in [6, 6.07) is 5.55. The van der Waals surface area contributed by atoms with Gasteiger partial charge in [0.2, 0.25) is 10.0 Å². The van der Waals surface area contributed by atoms with Crippen molar-refractivity contribution in [3.05, 3.63) is 28.2 Å². The molecular formula is C11H10Cl2N2O2S. The molecule has 0 bridgehead atoms. The lowest BCUT2D eigenvalue weighted by molar-refractivity contribution is 0.437. The van der Waals surface area contributed by atoms with Gasteiger partial charge >= 0.3 is 0 Å². The van der Waals surface area contributed by atoms with Gasteiger partial charge in [0.25, 0.3) is 0 Å². The van der Waals surface area contributed by atoms with Gasteiger partial charge in [0.1, 0.15) is 6.04 Å². The average molecular weight is 305 g/mol. The Balaban J connectivity index is 2.45. The largest absolute Gasteiger partial charge is 0.244 e. The fraction of sp³-hybridized carbons (Fsp3) is 0.364. The Morgan fingerprint density at radius 3 is 2.44 bits per heavy atom. The first-order valence-electron chi connectivity index (χ1n) is 5.33. The average Bonchev–Trinajstić information content (AvgIpc) is 2.76. The highest BCUT2D eigenvalue weighted by Gasteiger charge is 2.35. The van der Waals surface area contributed by atoms with E-state index < -0.39 is 16.1 Å². The molecule has 1 unspecified atom stereocenters. The summed E-state index contributed by atoms with van der Waals surface area (Å²) in [7, 11) is -3.70. The highest BCUT2D eigenvalue weighted by Crippen LogP contribution is 2.29. The summed E-state index contributed by atoms with van der Waals surface area (Å²) < 4.78 is 25.9. The second-order valence-electron chi connectivity index (χ2n) is 4.01. The number of rotatable bonds is 2. The van der Waals surface area contributed by atoms with Crippen LogP contribution in [0.25, 0.3) is 0 Å². The third-order valence-corrected chi connectivity index (χ3v) is 5.12. The predicted octanol–water partition coefficient (Wildman–Crippen LogP) is 2.67. The molecule has 0 saturated carbocycles. The van der Waals surface area contributed by atoms with Crippen LogP contribution in [0.15, 0.2) is 23.1 Å². The van der Waals surface area contributed by atoms with Crippen molar-refractivity contribution in [1.29, 1.82) is 5.26 Å². The van der Waals surface area contributed by atoms with Crippen LogP contribution in [-0.2, 0) is 10.0 Å². The summed E-state index contributed by atoms with van der Waals surface area (Å²) in [5.74, 6) is 0. The molecular weight excluding hydrogens is 295 g/mol. The monoisotopic (exact) mass is 304 g/mol. The lowest BCUT2D eigenvalue weighted by Gasteiger charge is -2.19. The molecule has 1 aliphatic rings. The first kappa shape index (κ1) is 13.6. The van der Waals surface area contributed by atoms with E-state index in [-0.39, 0.29) is 14.9 Å².